The molecule has 0 aliphatic rings. The van der Waals surface area contributed by atoms with Crippen LogP contribution in [0.15, 0.2) is 18.2 Å². The number of nitrogens with zero attached hydrogens (tertiary/aromatic N) is 1. The molecule has 0 atom stereocenters. The van der Waals surface area contributed by atoms with Crippen molar-refractivity contribution in [2.75, 3.05) is 18.4 Å². The van der Waals surface area contributed by atoms with E-state index >= 15 is 0 Å². The van der Waals surface area contributed by atoms with E-state index in [9.17, 15) is 14.0 Å². The summed E-state index contributed by atoms with van der Waals surface area (Å²) in [6.07, 6.45) is 1.08. The van der Waals surface area contributed by atoms with E-state index in [0.29, 0.717) is 53.8 Å². The minimum Gasteiger partial charge on any atom is -0.481 e. The number of hydrogen-bond acceptors (Lipinski definition) is 4. The predicted molar refractivity (Wildman–Crippen MR) is 85.0 cm³/mol. The Morgan fingerprint density at radius 1 is 1.39 bits per heavy atom. The van der Waals surface area contributed by atoms with Crippen LogP contribution in [-0.2, 0) is 16.0 Å². The third-order valence-corrected chi connectivity index (χ3v) is 3.47. The number of anilines is 1. The van der Waals surface area contributed by atoms with E-state index in [0.717, 1.165) is 0 Å². The number of carboxylic acids is 1. The number of aryl methyl sites for hydroxylation is 1. The number of pyridine rings is 1. The van der Waals surface area contributed by atoms with Crippen LogP contribution < -0.4 is 10.6 Å². The van der Waals surface area contributed by atoms with Crippen molar-refractivity contribution in [1.82, 2.24) is 10.3 Å². The standard InChI is InChI=1S/C16H18FN3O3/c1-10-12(8-15(22)23)16(19-6-2-5-18-9-21)13-7-11(17)3-4-14(13)20-10/h3-4,7,9H,2,5-6,8H2,1H3,(H,18,21)(H,19,20)(H,22,23). The van der Waals surface area contributed by atoms with Gasteiger partial charge in [0.1, 0.15) is 5.82 Å². The second-order valence-corrected chi connectivity index (χ2v) is 5.14. The van der Waals surface area contributed by atoms with Crippen LogP contribution in [0.1, 0.15) is 17.7 Å². The van der Waals surface area contributed by atoms with E-state index in [1.807, 2.05) is 0 Å². The number of amides is 1. The fraction of sp³-hybridized carbons (Fsp3) is 0.312. The summed E-state index contributed by atoms with van der Waals surface area (Å²) in [5.41, 5.74) is 2.33. The molecule has 122 valence electrons. The number of halogens is 1. The van der Waals surface area contributed by atoms with Crippen LogP contribution in [0, 0.1) is 12.7 Å². The van der Waals surface area contributed by atoms with Crippen molar-refractivity contribution in [3.05, 3.63) is 35.3 Å². The van der Waals surface area contributed by atoms with Gasteiger partial charge in [-0.05, 0) is 31.5 Å². The lowest BCUT2D eigenvalue weighted by atomic mass is 10.0. The molecule has 0 bridgehead atoms. The smallest absolute Gasteiger partial charge is 0.307 e. The van der Waals surface area contributed by atoms with Gasteiger partial charge in [0.05, 0.1) is 11.9 Å². The fourth-order valence-corrected chi connectivity index (χ4v) is 2.43. The molecule has 7 heteroatoms. The summed E-state index contributed by atoms with van der Waals surface area (Å²) in [7, 11) is 0. The second kappa shape index (κ2) is 7.53. The van der Waals surface area contributed by atoms with Crippen molar-refractivity contribution in [3.63, 3.8) is 0 Å². The lowest BCUT2D eigenvalue weighted by Gasteiger charge is -2.16. The monoisotopic (exact) mass is 319 g/mol. The Morgan fingerprint density at radius 3 is 2.87 bits per heavy atom. The summed E-state index contributed by atoms with van der Waals surface area (Å²) in [6, 6.07) is 4.24. The quantitative estimate of drug-likeness (QED) is 0.510. The maximum Gasteiger partial charge on any atom is 0.307 e. The summed E-state index contributed by atoms with van der Waals surface area (Å²) in [5, 5.41) is 15.4. The first-order valence-electron chi connectivity index (χ1n) is 7.24. The van der Waals surface area contributed by atoms with Crippen molar-refractivity contribution in [2.45, 2.75) is 19.8 Å². The molecule has 0 unspecified atom stereocenters. The van der Waals surface area contributed by atoms with Gasteiger partial charge in [0, 0.05) is 35.4 Å². The van der Waals surface area contributed by atoms with Crippen molar-refractivity contribution < 1.29 is 19.1 Å². The molecule has 0 aliphatic heterocycles. The lowest BCUT2D eigenvalue weighted by molar-refractivity contribution is -0.136. The Kier molecular flexibility index (Phi) is 5.46. The van der Waals surface area contributed by atoms with Gasteiger partial charge < -0.3 is 15.7 Å². The summed E-state index contributed by atoms with van der Waals surface area (Å²) in [5.74, 6) is -1.38. The molecule has 0 aliphatic carbocycles. The van der Waals surface area contributed by atoms with Gasteiger partial charge in [0.15, 0.2) is 0 Å². The van der Waals surface area contributed by atoms with E-state index < -0.39 is 11.8 Å². The Balaban J connectivity index is 2.40. The molecule has 0 fully saturated rings. The molecule has 0 saturated carbocycles. The first kappa shape index (κ1) is 16.7. The number of benzene rings is 1. The van der Waals surface area contributed by atoms with Gasteiger partial charge >= 0.3 is 5.97 Å². The van der Waals surface area contributed by atoms with Gasteiger partial charge in [-0.15, -0.1) is 0 Å². The SMILES string of the molecule is Cc1nc2ccc(F)cc2c(NCCCNC=O)c1CC(=O)O. The molecule has 0 saturated heterocycles. The van der Waals surface area contributed by atoms with E-state index in [1.165, 1.54) is 12.1 Å². The fourth-order valence-electron chi connectivity index (χ4n) is 2.43. The molecule has 1 amide bonds. The summed E-state index contributed by atoms with van der Waals surface area (Å²) in [4.78, 5) is 25.7. The highest BCUT2D eigenvalue weighted by Crippen LogP contribution is 2.29. The van der Waals surface area contributed by atoms with Crippen LogP contribution in [0.25, 0.3) is 10.9 Å². The zero-order valence-electron chi connectivity index (χ0n) is 12.7. The minimum atomic E-state index is -0.976. The van der Waals surface area contributed by atoms with Crippen molar-refractivity contribution in [2.24, 2.45) is 0 Å². The van der Waals surface area contributed by atoms with Gasteiger partial charge in [-0.25, -0.2) is 4.39 Å². The number of carbonyl (C=O) groups excluding carboxylic acids is 1. The normalized spacial score (nSPS) is 10.5. The number of hydrogen-bond donors (Lipinski definition) is 3. The summed E-state index contributed by atoms with van der Waals surface area (Å²) in [6.45, 7) is 2.75. The highest BCUT2D eigenvalue weighted by Gasteiger charge is 2.15. The molecular formula is C16H18FN3O3. The van der Waals surface area contributed by atoms with E-state index in [4.69, 9.17) is 5.11 Å². The number of carbonyl (C=O) groups is 2. The van der Waals surface area contributed by atoms with Crippen molar-refractivity contribution in [1.29, 1.82) is 0 Å². The molecular weight excluding hydrogens is 301 g/mol. The van der Waals surface area contributed by atoms with Gasteiger partial charge in [-0.1, -0.05) is 0 Å². The van der Waals surface area contributed by atoms with Crippen LogP contribution in [-0.4, -0.2) is 35.6 Å². The molecule has 0 spiro atoms. The Morgan fingerprint density at radius 2 is 2.17 bits per heavy atom. The van der Waals surface area contributed by atoms with Crippen LogP contribution in [0.3, 0.4) is 0 Å². The maximum atomic E-state index is 13.6. The number of nitrogens with one attached hydrogen (secondary N) is 2. The van der Waals surface area contributed by atoms with Crippen LogP contribution in [0.2, 0.25) is 0 Å². The van der Waals surface area contributed by atoms with Gasteiger partial charge in [0.2, 0.25) is 6.41 Å². The van der Waals surface area contributed by atoms with Gasteiger partial charge in [-0.3, -0.25) is 14.6 Å². The largest absolute Gasteiger partial charge is 0.481 e. The number of rotatable bonds is 8. The molecule has 2 aromatic rings. The highest BCUT2D eigenvalue weighted by atomic mass is 19.1. The zero-order chi connectivity index (χ0) is 16.8. The van der Waals surface area contributed by atoms with Gasteiger partial charge in [0.25, 0.3) is 0 Å². The predicted octanol–water partition coefficient (Wildman–Crippen LogP) is 1.86. The van der Waals surface area contributed by atoms with E-state index in [2.05, 4.69) is 15.6 Å². The zero-order valence-corrected chi connectivity index (χ0v) is 12.7. The van der Waals surface area contributed by atoms with Crippen LogP contribution >= 0.6 is 0 Å². The Bertz CT molecular complexity index is 734. The maximum absolute atomic E-state index is 13.6. The summed E-state index contributed by atoms with van der Waals surface area (Å²) < 4.78 is 13.6. The number of fused-ring (bicyclic) bond motifs is 1. The first-order chi connectivity index (χ1) is 11.0. The Labute approximate surface area is 132 Å². The molecule has 1 aromatic heterocycles. The third-order valence-electron chi connectivity index (χ3n) is 3.47. The number of aliphatic carboxylic acids is 1. The Hall–Kier alpha value is -2.70. The average Bonchev–Trinajstić information content (AvgIpc) is 2.50. The highest BCUT2D eigenvalue weighted by molar-refractivity contribution is 5.94. The number of carboxylic acid groups (broad SMARTS) is 1. The second-order valence-electron chi connectivity index (χ2n) is 5.14. The van der Waals surface area contributed by atoms with Crippen LogP contribution in [0.5, 0.6) is 0 Å². The molecule has 23 heavy (non-hydrogen) atoms. The van der Waals surface area contributed by atoms with E-state index in [-0.39, 0.29) is 6.42 Å². The lowest BCUT2D eigenvalue weighted by Crippen LogP contribution is -2.17. The minimum absolute atomic E-state index is 0.194. The first-order valence-corrected chi connectivity index (χ1v) is 7.24. The molecule has 0 radical (unpaired) electrons. The van der Waals surface area contributed by atoms with Crippen LogP contribution in [0.4, 0.5) is 10.1 Å². The molecule has 6 nitrogen and oxygen atoms in total. The third kappa shape index (κ3) is 4.15. The van der Waals surface area contributed by atoms with Gasteiger partial charge in [-0.2, -0.15) is 0 Å². The molecule has 1 heterocycles. The molecule has 2 rings (SSSR count). The summed E-state index contributed by atoms with van der Waals surface area (Å²) >= 11 is 0. The van der Waals surface area contributed by atoms with Crippen molar-refractivity contribution >= 4 is 29.0 Å². The number of aromatic nitrogens is 1. The molecule has 1 aromatic carbocycles. The molecule has 3 N–H and O–H groups in total. The van der Waals surface area contributed by atoms with Crippen molar-refractivity contribution in [3.8, 4) is 0 Å². The topological polar surface area (TPSA) is 91.3 Å². The average molecular weight is 319 g/mol. The van der Waals surface area contributed by atoms with E-state index in [1.54, 1.807) is 13.0 Å².